The normalized spacial score (nSPS) is 14.4. The fourth-order valence-corrected chi connectivity index (χ4v) is 3.31. The molecule has 0 amide bonds. The van der Waals surface area contributed by atoms with Crippen molar-refractivity contribution in [1.29, 1.82) is 0 Å². The molecular weight excluding hydrogens is 495 g/mol. The van der Waals surface area contributed by atoms with Crippen molar-refractivity contribution in [2.75, 3.05) is 6.61 Å². The van der Waals surface area contributed by atoms with E-state index in [-0.39, 0.29) is 57.6 Å². The van der Waals surface area contributed by atoms with E-state index in [1.807, 2.05) is 27.7 Å². The van der Waals surface area contributed by atoms with Crippen LogP contribution in [0.3, 0.4) is 0 Å². The minimum Gasteiger partial charge on any atom is -0.507 e. The summed E-state index contributed by atoms with van der Waals surface area (Å²) in [6.07, 6.45) is -0.610. The molecule has 3 rings (SSSR count). The zero-order chi connectivity index (χ0) is 27.0. The van der Waals surface area contributed by atoms with Crippen molar-refractivity contribution < 1.29 is 27.9 Å². The van der Waals surface area contributed by atoms with Gasteiger partial charge in [-0.1, -0.05) is 50.5 Å². The number of ether oxygens (including phenoxy) is 1. The zero-order valence-corrected chi connectivity index (χ0v) is 21.9. The van der Waals surface area contributed by atoms with E-state index in [2.05, 4.69) is 10.1 Å². The number of alkyl halides is 3. The molecule has 3 N–H and O–H groups in total. The molecule has 2 aromatic rings. The third-order valence-electron chi connectivity index (χ3n) is 5.00. The Morgan fingerprint density at radius 2 is 1.92 bits per heavy atom. The van der Waals surface area contributed by atoms with E-state index in [1.54, 1.807) is 0 Å². The number of halogens is 4. The first kappa shape index (κ1) is 29.3. The number of hydrogen-bond donors (Lipinski definition) is 2. The first-order chi connectivity index (χ1) is 17.0. The highest BCUT2D eigenvalue weighted by molar-refractivity contribution is 6.31. The van der Waals surface area contributed by atoms with Crippen molar-refractivity contribution in [3.8, 4) is 11.6 Å². The minimum atomic E-state index is -4.66. The number of oxime groups is 1. The molecule has 0 radical (unpaired) electrons. The van der Waals surface area contributed by atoms with Crippen LogP contribution in [0.1, 0.15) is 62.8 Å². The van der Waals surface area contributed by atoms with Crippen LogP contribution in [0.25, 0.3) is 5.57 Å². The number of rotatable bonds is 9. The van der Waals surface area contributed by atoms with Crippen LogP contribution in [0.4, 0.5) is 13.2 Å². The van der Waals surface area contributed by atoms with Gasteiger partial charge in [-0.3, -0.25) is 0 Å². The summed E-state index contributed by atoms with van der Waals surface area (Å²) in [6, 6.07) is 3.93. The molecule has 36 heavy (non-hydrogen) atoms. The van der Waals surface area contributed by atoms with Gasteiger partial charge in [-0.15, -0.1) is 0 Å². The van der Waals surface area contributed by atoms with Crippen molar-refractivity contribution in [1.82, 2.24) is 4.98 Å². The lowest BCUT2D eigenvalue weighted by molar-refractivity contribution is -0.0690. The molecule has 0 atom stereocenters. The van der Waals surface area contributed by atoms with Gasteiger partial charge in [0, 0.05) is 6.20 Å². The Labute approximate surface area is 215 Å². The topological polar surface area (TPSA) is 90.0 Å². The summed E-state index contributed by atoms with van der Waals surface area (Å²) in [6.45, 7) is 9.85. The first-order valence-electron chi connectivity index (χ1n) is 11.8. The second-order valence-corrected chi connectivity index (χ2v) is 9.03. The van der Waals surface area contributed by atoms with Crippen LogP contribution in [0.5, 0.6) is 11.6 Å². The molecule has 1 heterocycles. The van der Waals surface area contributed by atoms with Gasteiger partial charge >= 0.3 is 6.18 Å². The molecule has 0 saturated heterocycles. The highest BCUT2D eigenvalue weighted by Crippen LogP contribution is 2.38. The first-order valence-corrected chi connectivity index (χ1v) is 12.2. The predicted octanol–water partition coefficient (Wildman–Crippen LogP) is 6.80. The van der Waals surface area contributed by atoms with E-state index in [0.717, 1.165) is 18.9 Å². The van der Waals surface area contributed by atoms with Crippen LogP contribution in [-0.4, -0.2) is 34.8 Å². The number of phenolic OH excluding ortho intramolecular Hbond substituents is 1. The average molecular weight is 528 g/mol. The number of allylic oxidation sites excluding steroid dienone is 2. The predicted molar refractivity (Wildman–Crippen MR) is 136 cm³/mol. The number of benzene rings is 1. The SMILES string of the molecule is CC.Cc1cc(O)c(/C(N)=N/OC2CC2)cc1/C(=C\Cc1cnc(OCC(C)C)c(Cl)c1)C(F)(F)F. The molecule has 1 aliphatic rings. The molecule has 1 aliphatic carbocycles. The number of aryl methyl sites for hydroxylation is 1. The van der Waals surface area contributed by atoms with Gasteiger partial charge in [-0.2, -0.15) is 13.2 Å². The van der Waals surface area contributed by atoms with Crippen LogP contribution in [0.2, 0.25) is 5.02 Å². The molecule has 0 unspecified atom stereocenters. The average Bonchev–Trinajstić information content (AvgIpc) is 3.63. The second-order valence-electron chi connectivity index (χ2n) is 8.62. The van der Waals surface area contributed by atoms with E-state index < -0.39 is 11.7 Å². The quantitative estimate of drug-likeness (QED) is 0.213. The Morgan fingerprint density at radius 1 is 1.25 bits per heavy atom. The summed E-state index contributed by atoms with van der Waals surface area (Å²) in [5, 5.41) is 14.2. The number of nitrogens with two attached hydrogens (primary N) is 1. The Kier molecular flexibility index (Phi) is 10.5. The summed E-state index contributed by atoms with van der Waals surface area (Å²) < 4.78 is 47.6. The van der Waals surface area contributed by atoms with Crippen molar-refractivity contribution in [2.45, 2.75) is 66.2 Å². The fraction of sp³-hybridized carbons (Fsp3) is 0.462. The fourth-order valence-electron chi connectivity index (χ4n) is 3.07. The van der Waals surface area contributed by atoms with Crippen LogP contribution in [-0.2, 0) is 11.3 Å². The number of aromatic nitrogens is 1. The van der Waals surface area contributed by atoms with Gasteiger partial charge in [-0.05, 0) is 67.0 Å². The molecule has 10 heteroatoms. The molecule has 0 bridgehead atoms. The van der Waals surface area contributed by atoms with Crippen LogP contribution in [0, 0.1) is 12.8 Å². The van der Waals surface area contributed by atoms with Crippen molar-refractivity contribution in [3.05, 3.63) is 57.7 Å². The molecule has 1 aromatic carbocycles. The number of nitrogens with zero attached hydrogens (tertiary/aromatic N) is 2. The zero-order valence-electron chi connectivity index (χ0n) is 21.1. The van der Waals surface area contributed by atoms with Crippen LogP contribution >= 0.6 is 11.6 Å². The Bertz CT molecular complexity index is 1100. The maximum atomic E-state index is 14.0. The summed E-state index contributed by atoms with van der Waals surface area (Å²) in [5.74, 6) is 0.0329. The van der Waals surface area contributed by atoms with Gasteiger partial charge in [-0.25, -0.2) is 4.98 Å². The van der Waals surface area contributed by atoms with Gasteiger partial charge in [0.15, 0.2) is 5.84 Å². The minimum absolute atomic E-state index is 0.0345. The summed E-state index contributed by atoms with van der Waals surface area (Å²) in [7, 11) is 0. The lowest BCUT2D eigenvalue weighted by Crippen LogP contribution is -2.17. The Balaban J connectivity index is 0.00000222. The lowest BCUT2D eigenvalue weighted by Gasteiger charge is -2.17. The number of aromatic hydroxyl groups is 1. The molecule has 0 spiro atoms. The number of pyridine rings is 1. The summed E-state index contributed by atoms with van der Waals surface area (Å²) in [4.78, 5) is 9.29. The van der Waals surface area contributed by atoms with Crippen molar-refractivity contribution in [3.63, 3.8) is 0 Å². The van der Waals surface area contributed by atoms with Gasteiger partial charge in [0.1, 0.15) is 16.9 Å². The molecular formula is C26H33ClF3N3O3. The smallest absolute Gasteiger partial charge is 0.416 e. The van der Waals surface area contributed by atoms with Crippen LogP contribution in [0.15, 0.2) is 35.6 Å². The summed E-state index contributed by atoms with van der Waals surface area (Å²) in [5.41, 5.74) is 5.55. The third kappa shape index (κ3) is 8.33. The number of hydrogen-bond acceptors (Lipinski definition) is 5. The second kappa shape index (κ2) is 12.9. The molecule has 1 saturated carbocycles. The highest BCUT2D eigenvalue weighted by Gasteiger charge is 2.36. The third-order valence-corrected chi connectivity index (χ3v) is 5.27. The standard InChI is InChI=1S/C24H27ClF3N3O3.C2H6/c1-13(2)12-33-23-20(25)9-15(11-30-23)4-7-19(24(26,27)28)17-10-18(21(32)8-14(17)3)22(29)31-34-16-5-6-16;1-2/h7-11,13,16,32H,4-6,12H2,1-3H3,(H2,29,31);1-2H3/b19-7+;. The highest BCUT2D eigenvalue weighted by atomic mass is 35.5. The van der Waals surface area contributed by atoms with Crippen LogP contribution < -0.4 is 10.5 Å². The Hall–Kier alpha value is -2.94. The molecule has 1 aromatic heterocycles. The van der Waals surface area contributed by atoms with Gasteiger partial charge in [0.2, 0.25) is 5.88 Å². The maximum Gasteiger partial charge on any atom is 0.416 e. The van der Waals surface area contributed by atoms with E-state index in [0.29, 0.717) is 12.2 Å². The van der Waals surface area contributed by atoms with Crippen molar-refractivity contribution >= 4 is 23.0 Å². The van der Waals surface area contributed by atoms with E-state index in [9.17, 15) is 18.3 Å². The van der Waals surface area contributed by atoms with Gasteiger partial charge < -0.3 is 20.4 Å². The van der Waals surface area contributed by atoms with Gasteiger partial charge in [0.25, 0.3) is 0 Å². The van der Waals surface area contributed by atoms with Gasteiger partial charge in [0.05, 0.1) is 17.7 Å². The number of phenols is 1. The Morgan fingerprint density at radius 3 is 2.47 bits per heavy atom. The van der Waals surface area contributed by atoms with E-state index in [1.165, 1.54) is 31.3 Å². The maximum absolute atomic E-state index is 14.0. The van der Waals surface area contributed by atoms with Crippen molar-refractivity contribution in [2.24, 2.45) is 16.8 Å². The molecule has 6 nitrogen and oxygen atoms in total. The van der Waals surface area contributed by atoms with E-state index in [4.69, 9.17) is 26.9 Å². The van der Waals surface area contributed by atoms with E-state index >= 15 is 0 Å². The molecule has 198 valence electrons. The summed E-state index contributed by atoms with van der Waals surface area (Å²) >= 11 is 6.19. The molecule has 0 aliphatic heterocycles. The molecule has 1 fully saturated rings. The monoisotopic (exact) mass is 527 g/mol. The largest absolute Gasteiger partial charge is 0.507 e. The lowest BCUT2D eigenvalue weighted by atomic mass is 9.95. The number of amidine groups is 1.